The lowest BCUT2D eigenvalue weighted by Crippen LogP contribution is -2.29. The Labute approximate surface area is 211 Å². The number of ketones is 1. The van der Waals surface area contributed by atoms with E-state index in [9.17, 15) is 9.90 Å². The van der Waals surface area contributed by atoms with Crippen molar-refractivity contribution in [3.63, 3.8) is 0 Å². The summed E-state index contributed by atoms with van der Waals surface area (Å²) >= 11 is 0. The van der Waals surface area contributed by atoms with Gasteiger partial charge >= 0.3 is 11.3 Å². The van der Waals surface area contributed by atoms with E-state index in [2.05, 4.69) is 41.5 Å². The number of carbonyl (C=O) groups is 1. The smallest absolute Gasteiger partial charge is 0.360 e. The van der Waals surface area contributed by atoms with E-state index >= 15 is 0 Å². The molecule has 2 aliphatic rings. The van der Waals surface area contributed by atoms with E-state index in [0.29, 0.717) is 0 Å². The van der Waals surface area contributed by atoms with Gasteiger partial charge in [-0.25, -0.2) is 4.42 Å². The summed E-state index contributed by atoms with van der Waals surface area (Å²) in [6.07, 6.45) is 5.33. The monoisotopic (exact) mass is 478 g/mol. The van der Waals surface area contributed by atoms with Gasteiger partial charge in [0.2, 0.25) is 0 Å². The van der Waals surface area contributed by atoms with E-state index < -0.39 is 0 Å². The molecule has 5 rings (SSSR count). The highest BCUT2D eigenvalue weighted by molar-refractivity contribution is 6.24. The molecule has 2 heterocycles. The molecule has 0 atom stereocenters. The zero-order valence-corrected chi connectivity index (χ0v) is 21.6. The quantitative estimate of drug-likeness (QED) is 0.294. The van der Waals surface area contributed by atoms with Crippen molar-refractivity contribution >= 4 is 28.4 Å². The topological polar surface area (TPSA) is 60.7 Å². The predicted octanol–water partition coefficient (Wildman–Crippen LogP) is 7.00. The van der Waals surface area contributed by atoms with Gasteiger partial charge in [-0.3, -0.25) is 4.79 Å². The third kappa shape index (κ3) is 4.17. The van der Waals surface area contributed by atoms with Crippen molar-refractivity contribution in [1.82, 2.24) is 0 Å². The van der Waals surface area contributed by atoms with Crippen molar-refractivity contribution in [1.29, 1.82) is 0 Å². The molecule has 0 saturated carbocycles. The maximum Gasteiger partial charge on any atom is 0.360 e. The standard InChI is InChI=1S/C32H30O4/c1-31(2,3)27-17-19(21-11-7-9-13-25(21)35-27)15-23-29(33)24(30(23)34)16-20-18-28(32(4,5)6)36-26-14-10-8-12-22(20)26/h7-18H,1-6H3. The van der Waals surface area contributed by atoms with Gasteiger partial charge in [0, 0.05) is 39.8 Å². The fourth-order valence-electron chi connectivity index (χ4n) is 4.31. The second-order valence-electron chi connectivity index (χ2n) is 11.4. The number of ether oxygens (including phenoxy) is 1. The minimum Gasteiger partial charge on any atom is -0.871 e. The Hall–Kier alpha value is -3.92. The van der Waals surface area contributed by atoms with Crippen LogP contribution in [0.1, 0.15) is 58.4 Å². The summed E-state index contributed by atoms with van der Waals surface area (Å²) < 4.78 is 12.2. The summed E-state index contributed by atoms with van der Waals surface area (Å²) in [4.78, 5) is 13.2. The molecule has 0 spiro atoms. The van der Waals surface area contributed by atoms with E-state index in [-0.39, 0.29) is 33.5 Å². The van der Waals surface area contributed by atoms with Gasteiger partial charge in [0.15, 0.2) is 5.78 Å². The van der Waals surface area contributed by atoms with Crippen LogP contribution in [0.15, 0.2) is 93.8 Å². The highest BCUT2D eigenvalue weighted by atomic mass is 16.5. The summed E-state index contributed by atoms with van der Waals surface area (Å²) in [6, 6.07) is 17.3. The molecule has 1 aromatic heterocycles. The molecule has 2 aromatic carbocycles. The number of carbonyl (C=O) groups excluding carboxylic acids is 1. The summed E-state index contributed by atoms with van der Waals surface area (Å²) in [5.74, 6) is 1.81. The molecule has 4 heteroatoms. The van der Waals surface area contributed by atoms with Crippen molar-refractivity contribution in [2.75, 3.05) is 0 Å². The van der Waals surface area contributed by atoms with Crippen LogP contribution in [0.3, 0.4) is 0 Å². The van der Waals surface area contributed by atoms with Gasteiger partial charge in [0.25, 0.3) is 0 Å². The molecular weight excluding hydrogens is 448 g/mol. The Morgan fingerprint density at radius 3 is 2.28 bits per heavy atom. The van der Waals surface area contributed by atoms with E-state index in [1.807, 2.05) is 60.7 Å². The van der Waals surface area contributed by atoms with Crippen molar-refractivity contribution < 1.29 is 19.1 Å². The van der Waals surface area contributed by atoms with Gasteiger partial charge in [0.1, 0.15) is 11.5 Å². The first-order chi connectivity index (χ1) is 16.9. The van der Waals surface area contributed by atoms with Crippen LogP contribution in [0.5, 0.6) is 5.75 Å². The first kappa shape index (κ1) is 23.8. The number of hydrogen-bond acceptors (Lipinski definition) is 3. The maximum atomic E-state index is 13.2. The molecule has 3 aromatic rings. The summed E-state index contributed by atoms with van der Waals surface area (Å²) in [7, 11) is 0. The van der Waals surface area contributed by atoms with Crippen LogP contribution in [-0.2, 0) is 10.2 Å². The minimum atomic E-state index is -0.246. The SMILES string of the molecule is CC(C)(C)C1=C/C(=C\C2=C([O-])C(=C\c3cc(C(C)(C)C)[o+]c4ccccc34)/C2=O)c2ccccc2O1. The Morgan fingerprint density at radius 2 is 1.58 bits per heavy atom. The molecule has 0 N–H and O–H groups in total. The molecule has 36 heavy (non-hydrogen) atoms. The van der Waals surface area contributed by atoms with E-state index in [1.165, 1.54) is 0 Å². The first-order valence-corrected chi connectivity index (χ1v) is 12.2. The zero-order chi connectivity index (χ0) is 25.8. The average Bonchev–Trinajstić information content (AvgIpc) is 2.84. The molecular formula is C32H30O4. The van der Waals surface area contributed by atoms with Gasteiger partial charge in [-0.05, 0) is 56.7 Å². The van der Waals surface area contributed by atoms with E-state index in [0.717, 1.165) is 44.9 Å². The summed E-state index contributed by atoms with van der Waals surface area (Å²) in [6.45, 7) is 12.4. The number of allylic oxidation sites excluding steroid dienone is 6. The number of benzene rings is 2. The maximum absolute atomic E-state index is 13.2. The molecule has 182 valence electrons. The fourth-order valence-corrected chi connectivity index (χ4v) is 4.31. The Balaban J connectivity index is 1.61. The second-order valence-corrected chi connectivity index (χ2v) is 11.4. The van der Waals surface area contributed by atoms with Gasteiger partial charge in [-0.1, -0.05) is 56.9 Å². The number of hydrogen-bond donors (Lipinski definition) is 0. The molecule has 0 bridgehead atoms. The molecule has 0 radical (unpaired) electrons. The lowest BCUT2D eigenvalue weighted by Gasteiger charge is -2.31. The lowest BCUT2D eigenvalue weighted by molar-refractivity contribution is -0.300. The van der Waals surface area contributed by atoms with Crippen molar-refractivity contribution in [3.8, 4) is 5.75 Å². The second kappa shape index (κ2) is 8.34. The third-order valence-electron chi connectivity index (χ3n) is 6.47. The molecule has 0 saturated heterocycles. The molecule has 0 unspecified atom stereocenters. The molecule has 1 aliphatic carbocycles. The van der Waals surface area contributed by atoms with Gasteiger partial charge in [0.05, 0.1) is 10.8 Å². The number of para-hydroxylation sites is 2. The van der Waals surface area contributed by atoms with Crippen LogP contribution in [0.2, 0.25) is 0 Å². The number of rotatable bonds is 2. The van der Waals surface area contributed by atoms with Gasteiger partial charge in [-0.2, -0.15) is 0 Å². The number of Topliss-reactive ketones (excluding diaryl/α,β-unsaturated/α-hetero) is 1. The Bertz CT molecular complexity index is 1530. The third-order valence-corrected chi connectivity index (χ3v) is 6.47. The normalized spacial score (nSPS) is 18.3. The zero-order valence-electron chi connectivity index (χ0n) is 21.6. The average molecular weight is 479 g/mol. The summed E-state index contributed by atoms with van der Waals surface area (Å²) in [5, 5.41) is 14.1. The van der Waals surface area contributed by atoms with Crippen LogP contribution >= 0.6 is 0 Å². The molecule has 0 amide bonds. The largest absolute Gasteiger partial charge is 0.871 e. The van der Waals surface area contributed by atoms with Crippen LogP contribution < -0.4 is 9.84 Å². The van der Waals surface area contributed by atoms with Crippen LogP contribution in [0.25, 0.3) is 22.6 Å². The van der Waals surface area contributed by atoms with Crippen LogP contribution in [0.4, 0.5) is 0 Å². The predicted molar refractivity (Wildman–Crippen MR) is 142 cm³/mol. The van der Waals surface area contributed by atoms with Gasteiger partial charge < -0.3 is 9.84 Å². The van der Waals surface area contributed by atoms with Crippen LogP contribution in [-0.4, -0.2) is 5.78 Å². The fraction of sp³-hybridized carbons (Fsp3) is 0.250. The van der Waals surface area contributed by atoms with Crippen LogP contribution in [0, 0.1) is 5.41 Å². The summed E-state index contributed by atoms with van der Waals surface area (Å²) in [5.41, 5.74) is 3.13. The van der Waals surface area contributed by atoms with E-state index in [1.54, 1.807) is 12.2 Å². The molecule has 1 aliphatic heterocycles. The Morgan fingerprint density at radius 1 is 0.889 bits per heavy atom. The van der Waals surface area contributed by atoms with Crippen molar-refractivity contribution in [2.24, 2.45) is 5.41 Å². The van der Waals surface area contributed by atoms with Crippen molar-refractivity contribution in [2.45, 2.75) is 47.0 Å². The lowest BCUT2D eigenvalue weighted by atomic mass is 9.83. The highest BCUT2D eigenvalue weighted by Gasteiger charge is 2.31. The highest BCUT2D eigenvalue weighted by Crippen LogP contribution is 2.41. The van der Waals surface area contributed by atoms with Crippen molar-refractivity contribution in [3.05, 3.63) is 106 Å². The number of fused-ring (bicyclic) bond motifs is 2. The first-order valence-electron chi connectivity index (χ1n) is 12.2. The Kier molecular flexibility index (Phi) is 5.51. The molecule has 0 fully saturated rings. The van der Waals surface area contributed by atoms with Gasteiger partial charge in [-0.15, -0.1) is 0 Å². The minimum absolute atomic E-state index is 0.193. The molecule has 4 nitrogen and oxygen atoms in total. The van der Waals surface area contributed by atoms with E-state index in [4.69, 9.17) is 9.15 Å².